The summed E-state index contributed by atoms with van der Waals surface area (Å²) in [6, 6.07) is 14.8. The van der Waals surface area contributed by atoms with Gasteiger partial charge in [-0.25, -0.2) is 9.97 Å². The molecule has 2 amide bonds. The molecule has 0 radical (unpaired) electrons. The maximum absolute atomic E-state index is 12.7. The molecule has 3 N–H and O–H groups in total. The van der Waals surface area contributed by atoms with Gasteiger partial charge < -0.3 is 10.1 Å². The van der Waals surface area contributed by atoms with Gasteiger partial charge in [-0.2, -0.15) is 0 Å². The Morgan fingerprint density at radius 3 is 2.40 bits per heavy atom. The van der Waals surface area contributed by atoms with Gasteiger partial charge in [-0.15, -0.1) is 0 Å². The second-order valence-corrected chi connectivity index (χ2v) is 7.87. The number of aromatic nitrogens is 3. The molecular formula is C24H18Cl2N6O3. The number of ether oxygens (including phenoxy) is 1. The van der Waals surface area contributed by atoms with Crippen LogP contribution in [-0.2, 0) is 0 Å². The lowest BCUT2D eigenvalue weighted by molar-refractivity contribution is 0.0847. The van der Waals surface area contributed by atoms with E-state index >= 15 is 0 Å². The Hall–Kier alpha value is -4.21. The number of anilines is 2. The van der Waals surface area contributed by atoms with Crippen LogP contribution in [0.15, 0.2) is 73.2 Å². The van der Waals surface area contributed by atoms with Crippen molar-refractivity contribution in [1.82, 2.24) is 25.8 Å². The molecule has 35 heavy (non-hydrogen) atoms. The minimum atomic E-state index is -0.651. The third-order valence-electron chi connectivity index (χ3n) is 4.80. The number of pyridine rings is 1. The Morgan fingerprint density at radius 2 is 1.69 bits per heavy atom. The standard InChI is InChI=1S/C24H18Cl2N6O3/c1-35-20-8-7-14(22(33)31-32-23(34)21-16(25)5-2-6-17(21)26)12-19(20)30-24-28-11-9-18(29-24)15-4-3-10-27-13-15/h2-13H,1H3,(H,31,33)(H,32,34)(H,28,29,30). The third-order valence-corrected chi connectivity index (χ3v) is 5.43. The SMILES string of the molecule is COc1ccc(C(=O)NNC(=O)c2c(Cl)cccc2Cl)cc1Nc1nccc(-c2cccnc2)n1. The fraction of sp³-hybridized carbons (Fsp3) is 0.0417. The molecule has 0 aliphatic carbocycles. The normalized spacial score (nSPS) is 10.4. The van der Waals surface area contributed by atoms with Crippen LogP contribution in [0.1, 0.15) is 20.7 Å². The zero-order chi connectivity index (χ0) is 24.8. The molecule has 0 spiro atoms. The summed E-state index contributed by atoms with van der Waals surface area (Å²) in [7, 11) is 1.50. The van der Waals surface area contributed by atoms with Crippen molar-refractivity contribution in [2.75, 3.05) is 12.4 Å². The lowest BCUT2D eigenvalue weighted by Gasteiger charge is -2.13. The van der Waals surface area contributed by atoms with Crippen molar-refractivity contribution in [3.05, 3.63) is 94.4 Å². The topological polar surface area (TPSA) is 118 Å². The van der Waals surface area contributed by atoms with Gasteiger partial charge in [0.2, 0.25) is 5.95 Å². The Balaban J connectivity index is 1.51. The number of carbonyl (C=O) groups excluding carboxylic acids is 2. The quantitative estimate of drug-likeness (QED) is 0.323. The Morgan fingerprint density at radius 1 is 0.914 bits per heavy atom. The Bertz CT molecular complexity index is 1360. The van der Waals surface area contributed by atoms with Crippen LogP contribution in [0, 0.1) is 0 Å². The maximum Gasteiger partial charge on any atom is 0.272 e. The highest BCUT2D eigenvalue weighted by Crippen LogP contribution is 2.28. The van der Waals surface area contributed by atoms with Crippen molar-refractivity contribution < 1.29 is 14.3 Å². The predicted octanol–water partition coefficient (Wildman–Crippen LogP) is 4.67. The van der Waals surface area contributed by atoms with Crippen molar-refractivity contribution in [2.24, 2.45) is 0 Å². The molecule has 0 aliphatic rings. The Labute approximate surface area is 210 Å². The molecule has 4 aromatic rings. The van der Waals surface area contributed by atoms with Gasteiger partial charge in [-0.05, 0) is 48.5 Å². The Kier molecular flexibility index (Phi) is 7.39. The number of hydrogen-bond donors (Lipinski definition) is 3. The van der Waals surface area contributed by atoms with Crippen LogP contribution in [-0.4, -0.2) is 33.9 Å². The first-order valence-corrected chi connectivity index (χ1v) is 10.9. The molecule has 0 atom stereocenters. The van der Waals surface area contributed by atoms with Crippen LogP contribution >= 0.6 is 23.2 Å². The van der Waals surface area contributed by atoms with Gasteiger partial charge >= 0.3 is 0 Å². The smallest absolute Gasteiger partial charge is 0.272 e. The van der Waals surface area contributed by atoms with Gasteiger partial charge in [0.25, 0.3) is 11.8 Å². The van der Waals surface area contributed by atoms with Gasteiger partial charge in [-0.3, -0.25) is 25.4 Å². The molecular weight excluding hydrogens is 491 g/mol. The van der Waals surface area contributed by atoms with E-state index in [9.17, 15) is 9.59 Å². The second-order valence-electron chi connectivity index (χ2n) is 7.05. The summed E-state index contributed by atoms with van der Waals surface area (Å²) in [4.78, 5) is 38.0. The number of nitrogens with zero attached hydrogens (tertiary/aromatic N) is 3. The first kappa shape index (κ1) is 23.9. The van der Waals surface area contributed by atoms with Crippen LogP contribution in [0.2, 0.25) is 10.0 Å². The molecule has 0 unspecified atom stereocenters. The van der Waals surface area contributed by atoms with Gasteiger partial charge in [0.05, 0.1) is 34.1 Å². The molecule has 2 aromatic heterocycles. The molecule has 11 heteroatoms. The van der Waals surface area contributed by atoms with Gasteiger partial charge in [0, 0.05) is 29.7 Å². The number of nitrogens with one attached hydrogen (secondary N) is 3. The van der Waals surface area contributed by atoms with Crippen molar-refractivity contribution >= 4 is 46.7 Å². The average Bonchev–Trinajstić information content (AvgIpc) is 2.88. The summed E-state index contributed by atoms with van der Waals surface area (Å²) in [6.45, 7) is 0. The molecule has 9 nitrogen and oxygen atoms in total. The monoisotopic (exact) mass is 508 g/mol. The minimum absolute atomic E-state index is 0.0545. The van der Waals surface area contributed by atoms with E-state index in [4.69, 9.17) is 27.9 Å². The number of hydrogen-bond acceptors (Lipinski definition) is 7. The summed E-state index contributed by atoms with van der Waals surface area (Å²) >= 11 is 12.1. The molecule has 2 heterocycles. The first-order chi connectivity index (χ1) is 17.0. The van der Waals surface area contributed by atoms with E-state index in [2.05, 4.69) is 31.1 Å². The molecule has 4 rings (SSSR count). The number of amides is 2. The molecule has 0 saturated heterocycles. The first-order valence-electron chi connectivity index (χ1n) is 10.2. The maximum atomic E-state index is 12.7. The van der Waals surface area contributed by atoms with E-state index in [1.165, 1.54) is 19.2 Å². The molecule has 0 bridgehead atoms. The van der Waals surface area contributed by atoms with E-state index < -0.39 is 11.8 Å². The van der Waals surface area contributed by atoms with E-state index in [0.717, 1.165) is 5.56 Å². The zero-order valence-electron chi connectivity index (χ0n) is 18.3. The largest absolute Gasteiger partial charge is 0.495 e. The lowest BCUT2D eigenvalue weighted by Crippen LogP contribution is -2.41. The summed E-state index contributed by atoms with van der Waals surface area (Å²) in [5.41, 5.74) is 6.90. The van der Waals surface area contributed by atoms with Crippen LogP contribution in [0.25, 0.3) is 11.3 Å². The number of rotatable bonds is 6. The van der Waals surface area contributed by atoms with Crippen molar-refractivity contribution in [2.45, 2.75) is 0 Å². The highest BCUT2D eigenvalue weighted by atomic mass is 35.5. The molecule has 0 fully saturated rings. The van der Waals surface area contributed by atoms with Crippen molar-refractivity contribution in [3.63, 3.8) is 0 Å². The van der Waals surface area contributed by atoms with Crippen molar-refractivity contribution in [3.8, 4) is 17.0 Å². The minimum Gasteiger partial charge on any atom is -0.495 e. The summed E-state index contributed by atoms with van der Waals surface area (Å²) in [5, 5.41) is 3.39. The lowest BCUT2D eigenvalue weighted by atomic mass is 10.1. The number of benzene rings is 2. The summed E-state index contributed by atoms with van der Waals surface area (Å²) in [6.07, 6.45) is 4.98. The van der Waals surface area contributed by atoms with Crippen LogP contribution in [0.5, 0.6) is 5.75 Å². The van der Waals surface area contributed by atoms with Crippen molar-refractivity contribution in [1.29, 1.82) is 0 Å². The third kappa shape index (κ3) is 5.65. The average molecular weight is 509 g/mol. The fourth-order valence-corrected chi connectivity index (χ4v) is 3.69. The number of halogens is 2. The molecule has 176 valence electrons. The van der Waals surface area contributed by atoms with Crippen LogP contribution in [0.3, 0.4) is 0 Å². The van der Waals surface area contributed by atoms with E-state index in [1.54, 1.807) is 48.9 Å². The van der Waals surface area contributed by atoms with E-state index in [1.807, 2.05) is 12.1 Å². The predicted molar refractivity (Wildman–Crippen MR) is 133 cm³/mol. The van der Waals surface area contributed by atoms with E-state index in [0.29, 0.717) is 23.1 Å². The number of hydrazine groups is 1. The highest BCUT2D eigenvalue weighted by molar-refractivity contribution is 6.39. The highest BCUT2D eigenvalue weighted by Gasteiger charge is 2.17. The number of methoxy groups -OCH3 is 1. The van der Waals surface area contributed by atoms with Gasteiger partial charge in [0.1, 0.15) is 5.75 Å². The van der Waals surface area contributed by atoms with Gasteiger partial charge in [0.15, 0.2) is 0 Å². The summed E-state index contributed by atoms with van der Waals surface area (Å²) < 4.78 is 5.39. The van der Waals surface area contributed by atoms with E-state index in [-0.39, 0.29) is 21.2 Å². The number of carbonyl (C=O) groups is 2. The second kappa shape index (κ2) is 10.8. The summed E-state index contributed by atoms with van der Waals surface area (Å²) in [5.74, 6) is -0.466. The molecule has 0 aliphatic heterocycles. The van der Waals surface area contributed by atoms with Gasteiger partial charge in [-0.1, -0.05) is 29.3 Å². The van der Waals surface area contributed by atoms with Crippen LogP contribution < -0.4 is 20.9 Å². The molecule has 2 aromatic carbocycles. The fourth-order valence-electron chi connectivity index (χ4n) is 3.12. The van der Waals surface area contributed by atoms with Crippen LogP contribution in [0.4, 0.5) is 11.6 Å². The molecule has 0 saturated carbocycles. The zero-order valence-corrected chi connectivity index (χ0v) is 19.8.